The van der Waals surface area contributed by atoms with Crippen LogP contribution >= 0.6 is 11.3 Å². The van der Waals surface area contributed by atoms with Crippen molar-refractivity contribution < 1.29 is 23.4 Å². The van der Waals surface area contributed by atoms with E-state index in [-0.39, 0.29) is 12.2 Å². The topological polar surface area (TPSA) is 92.3 Å². The van der Waals surface area contributed by atoms with Crippen molar-refractivity contribution in [3.8, 4) is 11.5 Å². The van der Waals surface area contributed by atoms with Crippen LogP contribution in [0.5, 0.6) is 11.5 Å². The second-order valence-electron chi connectivity index (χ2n) is 7.99. The lowest BCUT2D eigenvalue weighted by Gasteiger charge is -2.25. The molecule has 8 nitrogen and oxygen atoms in total. The molecule has 1 aliphatic rings. The van der Waals surface area contributed by atoms with E-state index in [0.29, 0.717) is 56.6 Å². The Morgan fingerprint density at radius 3 is 2.64 bits per heavy atom. The van der Waals surface area contributed by atoms with Crippen molar-refractivity contribution in [1.29, 1.82) is 0 Å². The van der Waals surface area contributed by atoms with Crippen molar-refractivity contribution in [3.05, 3.63) is 91.0 Å². The first-order chi connectivity index (χ1) is 17.4. The molecule has 0 amide bonds. The molecule has 0 radical (unpaired) electrons. The summed E-state index contributed by atoms with van der Waals surface area (Å²) in [6.45, 7) is 11.8. The van der Waals surface area contributed by atoms with Gasteiger partial charge in [-0.15, -0.1) is 0 Å². The number of benzene rings is 1. The van der Waals surface area contributed by atoms with Crippen LogP contribution in [-0.4, -0.2) is 30.4 Å². The molecular formula is C27H28N2O6S. The average Bonchev–Trinajstić information content (AvgIpc) is 3.39. The maximum atomic E-state index is 13.7. The first-order valence-corrected chi connectivity index (χ1v) is 12.5. The maximum Gasteiger partial charge on any atom is 0.338 e. The fourth-order valence-electron chi connectivity index (χ4n) is 4.00. The van der Waals surface area contributed by atoms with Crippen LogP contribution in [-0.2, 0) is 9.53 Å². The summed E-state index contributed by atoms with van der Waals surface area (Å²) in [6.07, 6.45) is 3.34. The van der Waals surface area contributed by atoms with E-state index >= 15 is 0 Å². The summed E-state index contributed by atoms with van der Waals surface area (Å²) in [5.74, 6) is 1.83. The molecule has 3 aromatic rings. The molecule has 0 saturated carbocycles. The minimum atomic E-state index is -0.756. The summed E-state index contributed by atoms with van der Waals surface area (Å²) in [6, 6.07) is 8.25. The molecule has 0 saturated heterocycles. The third-order valence-corrected chi connectivity index (χ3v) is 6.47. The Morgan fingerprint density at radius 1 is 1.17 bits per heavy atom. The molecule has 9 heteroatoms. The van der Waals surface area contributed by atoms with Gasteiger partial charge in [0.1, 0.15) is 18.1 Å². The molecular weight excluding hydrogens is 480 g/mol. The minimum Gasteiger partial charge on any atom is -0.490 e. The van der Waals surface area contributed by atoms with Gasteiger partial charge in [0.15, 0.2) is 16.3 Å². The van der Waals surface area contributed by atoms with E-state index in [1.54, 1.807) is 44.2 Å². The fraction of sp³-hybridized carbons (Fsp3) is 0.296. The normalized spacial score (nSPS) is 15.3. The first kappa shape index (κ1) is 25.2. The van der Waals surface area contributed by atoms with Crippen molar-refractivity contribution in [3.63, 3.8) is 0 Å². The molecule has 0 N–H and O–H groups in total. The molecule has 36 heavy (non-hydrogen) atoms. The van der Waals surface area contributed by atoms with Crippen LogP contribution in [0.4, 0.5) is 0 Å². The molecule has 4 rings (SSSR count). The number of furan rings is 1. The number of esters is 1. The highest BCUT2D eigenvalue weighted by atomic mass is 32.1. The lowest BCUT2D eigenvalue weighted by atomic mass is 9.95. The number of ether oxygens (including phenoxy) is 3. The number of rotatable bonds is 9. The third kappa shape index (κ3) is 4.92. The predicted octanol–water partition coefficient (Wildman–Crippen LogP) is 3.66. The smallest absolute Gasteiger partial charge is 0.338 e. The Morgan fingerprint density at radius 2 is 1.97 bits per heavy atom. The van der Waals surface area contributed by atoms with Gasteiger partial charge in [-0.25, -0.2) is 9.79 Å². The molecule has 0 spiro atoms. The number of thiazole rings is 1. The Hall–Kier alpha value is -3.85. The van der Waals surface area contributed by atoms with Gasteiger partial charge < -0.3 is 18.6 Å². The van der Waals surface area contributed by atoms with E-state index in [0.717, 1.165) is 5.76 Å². The van der Waals surface area contributed by atoms with Crippen LogP contribution in [0.1, 0.15) is 43.9 Å². The van der Waals surface area contributed by atoms with E-state index in [1.165, 1.54) is 15.9 Å². The Bertz CT molecular complexity index is 1510. The fourth-order valence-corrected chi connectivity index (χ4v) is 5.02. The van der Waals surface area contributed by atoms with E-state index < -0.39 is 12.0 Å². The number of fused-ring (bicyclic) bond motifs is 1. The summed E-state index contributed by atoms with van der Waals surface area (Å²) in [5.41, 5.74) is 1.18. The average molecular weight is 509 g/mol. The molecule has 0 bridgehead atoms. The SMILES string of the molecule is C=CCOc1ccc(C2C(C(=O)OCC)=C(C)N=c3s/c(=C/c4ccc(C)o4)c(=O)n32)cc1OCC. The first-order valence-electron chi connectivity index (χ1n) is 11.6. The summed E-state index contributed by atoms with van der Waals surface area (Å²) in [5, 5.41) is 0. The Kier molecular flexibility index (Phi) is 7.59. The minimum absolute atomic E-state index is 0.198. The quantitative estimate of drug-likeness (QED) is 0.324. The van der Waals surface area contributed by atoms with Crippen molar-refractivity contribution >= 4 is 23.4 Å². The molecule has 3 heterocycles. The maximum absolute atomic E-state index is 13.7. The zero-order valence-electron chi connectivity index (χ0n) is 20.7. The summed E-state index contributed by atoms with van der Waals surface area (Å²) in [4.78, 5) is 31.8. The third-order valence-electron chi connectivity index (χ3n) is 5.49. The zero-order valence-corrected chi connectivity index (χ0v) is 21.5. The van der Waals surface area contributed by atoms with Crippen molar-refractivity contribution in [2.45, 2.75) is 33.7 Å². The van der Waals surface area contributed by atoms with E-state index in [2.05, 4.69) is 11.6 Å². The molecule has 1 aliphatic heterocycles. The number of aryl methyl sites for hydroxylation is 1. The molecule has 188 valence electrons. The van der Waals surface area contributed by atoms with Crippen molar-refractivity contribution in [1.82, 2.24) is 4.57 Å². The standard InChI is InChI=1S/C27H28N2O6S/c1-6-13-34-20-12-10-18(14-21(20)32-7-2)24-23(26(31)33-8-3)17(5)28-27-29(24)25(30)22(36-27)15-19-11-9-16(4)35-19/h6,9-12,14-15,24H,1,7-8,13H2,2-5H3/b22-15+. The van der Waals surface area contributed by atoms with Gasteiger partial charge in [0.25, 0.3) is 5.56 Å². The number of hydrogen-bond acceptors (Lipinski definition) is 8. The molecule has 1 aromatic carbocycles. The second-order valence-corrected chi connectivity index (χ2v) is 9.00. The van der Waals surface area contributed by atoms with Gasteiger partial charge >= 0.3 is 5.97 Å². The van der Waals surface area contributed by atoms with Gasteiger partial charge in [0, 0.05) is 6.08 Å². The predicted molar refractivity (Wildman–Crippen MR) is 137 cm³/mol. The van der Waals surface area contributed by atoms with Crippen LogP contribution in [0.2, 0.25) is 0 Å². The van der Waals surface area contributed by atoms with E-state index in [4.69, 9.17) is 18.6 Å². The highest BCUT2D eigenvalue weighted by molar-refractivity contribution is 7.07. The van der Waals surface area contributed by atoms with Crippen LogP contribution in [0.3, 0.4) is 0 Å². The van der Waals surface area contributed by atoms with Gasteiger partial charge in [-0.05, 0) is 57.5 Å². The Balaban J connectivity index is 1.93. The number of aromatic nitrogens is 1. The number of carbonyl (C=O) groups is 1. The van der Waals surface area contributed by atoms with Crippen LogP contribution in [0.15, 0.2) is 68.5 Å². The number of nitrogens with zero attached hydrogens (tertiary/aromatic N) is 2. The van der Waals surface area contributed by atoms with E-state index in [1.807, 2.05) is 26.0 Å². The molecule has 2 aromatic heterocycles. The summed E-state index contributed by atoms with van der Waals surface area (Å²) in [7, 11) is 0. The summed E-state index contributed by atoms with van der Waals surface area (Å²) >= 11 is 1.24. The van der Waals surface area contributed by atoms with Crippen molar-refractivity contribution in [2.24, 2.45) is 4.99 Å². The molecule has 1 atom stereocenters. The Labute approximate surface area is 212 Å². The second kappa shape index (κ2) is 10.8. The van der Waals surface area contributed by atoms with Crippen LogP contribution < -0.4 is 24.4 Å². The molecule has 0 fully saturated rings. The number of hydrogen-bond donors (Lipinski definition) is 0. The van der Waals surface area contributed by atoms with Gasteiger partial charge in [0.05, 0.1) is 35.1 Å². The largest absolute Gasteiger partial charge is 0.490 e. The van der Waals surface area contributed by atoms with Gasteiger partial charge in [-0.2, -0.15) is 0 Å². The number of carbonyl (C=O) groups excluding carboxylic acids is 1. The van der Waals surface area contributed by atoms with Gasteiger partial charge in [0.2, 0.25) is 0 Å². The highest BCUT2D eigenvalue weighted by Gasteiger charge is 2.34. The summed E-state index contributed by atoms with van der Waals surface area (Å²) < 4.78 is 24.5. The van der Waals surface area contributed by atoms with E-state index in [9.17, 15) is 9.59 Å². The van der Waals surface area contributed by atoms with Crippen LogP contribution in [0.25, 0.3) is 6.08 Å². The van der Waals surface area contributed by atoms with Crippen LogP contribution in [0, 0.1) is 6.92 Å². The molecule has 0 aliphatic carbocycles. The zero-order chi connectivity index (χ0) is 25.8. The van der Waals surface area contributed by atoms with Gasteiger partial charge in [-0.1, -0.05) is 30.1 Å². The van der Waals surface area contributed by atoms with Gasteiger partial charge in [-0.3, -0.25) is 9.36 Å². The monoisotopic (exact) mass is 508 g/mol. The van der Waals surface area contributed by atoms with Crippen molar-refractivity contribution in [2.75, 3.05) is 19.8 Å². The lowest BCUT2D eigenvalue weighted by Crippen LogP contribution is -2.40. The molecule has 1 unspecified atom stereocenters. The lowest BCUT2D eigenvalue weighted by molar-refractivity contribution is -0.139. The number of allylic oxidation sites excluding steroid dienone is 1. The highest BCUT2D eigenvalue weighted by Crippen LogP contribution is 2.36.